The summed E-state index contributed by atoms with van der Waals surface area (Å²) >= 11 is 11.9. The van der Waals surface area contributed by atoms with Crippen LogP contribution in [0.1, 0.15) is 40.0 Å². The Morgan fingerprint density at radius 3 is 2.88 bits per heavy atom. The first kappa shape index (κ1) is 18.4. The van der Waals surface area contributed by atoms with Gasteiger partial charge < -0.3 is 10.6 Å². The van der Waals surface area contributed by atoms with Gasteiger partial charge in [0.25, 0.3) is 5.91 Å². The Kier molecular flexibility index (Phi) is 5.25. The van der Waals surface area contributed by atoms with Gasteiger partial charge in [0.1, 0.15) is 5.15 Å². The van der Waals surface area contributed by atoms with E-state index in [-0.39, 0.29) is 11.9 Å². The molecule has 0 aliphatic carbocycles. The number of allylic oxidation sites excluding steroid dienone is 1. The zero-order valence-electron chi connectivity index (χ0n) is 14.3. The van der Waals surface area contributed by atoms with Crippen LogP contribution < -0.4 is 5.73 Å². The fourth-order valence-electron chi connectivity index (χ4n) is 2.83. The van der Waals surface area contributed by atoms with Gasteiger partial charge in [-0.3, -0.25) is 4.79 Å². The van der Waals surface area contributed by atoms with Crippen molar-refractivity contribution in [1.82, 2.24) is 14.9 Å². The van der Waals surface area contributed by atoms with E-state index in [0.717, 1.165) is 16.7 Å². The summed E-state index contributed by atoms with van der Waals surface area (Å²) in [6.45, 7) is 4.29. The van der Waals surface area contributed by atoms with E-state index in [4.69, 9.17) is 28.9 Å². The van der Waals surface area contributed by atoms with Crippen molar-refractivity contribution in [2.45, 2.75) is 26.4 Å². The Balaban J connectivity index is 1.84. The third kappa shape index (κ3) is 3.43. The molecule has 3 rings (SSSR count). The van der Waals surface area contributed by atoms with Crippen molar-refractivity contribution >= 4 is 41.1 Å². The number of carbonyl (C=O) groups is 1. The number of carbonyl (C=O) groups excluding carboxylic acids is 1. The van der Waals surface area contributed by atoms with Crippen LogP contribution >= 0.6 is 23.2 Å². The lowest BCUT2D eigenvalue weighted by Crippen LogP contribution is -2.27. The molecule has 2 N–H and O–H groups in total. The van der Waals surface area contributed by atoms with E-state index < -0.39 is 0 Å². The molecule has 134 valence electrons. The van der Waals surface area contributed by atoms with Crippen LogP contribution in [0.5, 0.6) is 0 Å². The molecule has 0 aromatic carbocycles. The molecule has 0 spiro atoms. The number of amides is 1. The van der Waals surface area contributed by atoms with Crippen molar-refractivity contribution in [3.63, 3.8) is 0 Å². The molecule has 0 saturated carbocycles. The van der Waals surface area contributed by atoms with Crippen molar-refractivity contribution in [2.24, 2.45) is 10.7 Å². The first-order chi connectivity index (χ1) is 12.4. The zero-order chi connectivity index (χ0) is 18.8. The normalized spacial score (nSPS) is 15.6. The first-order valence-corrected chi connectivity index (χ1v) is 8.70. The van der Waals surface area contributed by atoms with Crippen LogP contribution in [0.4, 0.5) is 5.82 Å². The zero-order valence-corrected chi connectivity index (χ0v) is 15.8. The molecule has 1 aliphatic heterocycles. The van der Waals surface area contributed by atoms with Crippen molar-refractivity contribution in [3.05, 3.63) is 63.2 Å². The summed E-state index contributed by atoms with van der Waals surface area (Å²) in [5.74, 6) is 0.487. The maximum Gasteiger partial charge on any atom is 0.255 e. The maximum atomic E-state index is 12.7. The number of nitrogens with zero attached hydrogens (tertiary/aromatic N) is 4. The fraction of sp³-hybridized carbons (Fsp3) is 0.222. The third-order valence-corrected chi connectivity index (χ3v) is 4.86. The Hall–Kier alpha value is -2.44. The van der Waals surface area contributed by atoms with E-state index in [2.05, 4.69) is 15.0 Å². The molecule has 0 fully saturated rings. The predicted molar refractivity (Wildman–Crippen MR) is 103 cm³/mol. The van der Waals surface area contributed by atoms with E-state index in [1.54, 1.807) is 23.4 Å². The van der Waals surface area contributed by atoms with Gasteiger partial charge in [-0.15, -0.1) is 0 Å². The highest BCUT2D eigenvalue weighted by atomic mass is 35.5. The highest BCUT2D eigenvalue weighted by Crippen LogP contribution is 2.34. The molecule has 3 heterocycles. The summed E-state index contributed by atoms with van der Waals surface area (Å²) in [5.41, 5.74) is 8.46. The molecule has 0 radical (unpaired) electrons. The number of rotatable bonds is 4. The minimum atomic E-state index is -0.164. The molecule has 1 atom stereocenters. The van der Waals surface area contributed by atoms with Crippen molar-refractivity contribution in [3.8, 4) is 0 Å². The largest absolute Gasteiger partial charge is 0.403 e. The van der Waals surface area contributed by atoms with Gasteiger partial charge in [0, 0.05) is 35.9 Å². The van der Waals surface area contributed by atoms with Gasteiger partial charge in [-0.05, 0) is 37.1 Å². The number of pyridine rings is 2. The molecular weight excluding hydrogens is 373 g/mol. The topological polar surface area (TPSA) is 84.5 Å². The second-order valence-electron chi connectivity index (χ2n) is 5.96. The van der Waals surface area contributed by atoms with Crippen molar-refractivity contribution in [2.75, 3.05) is 0 Å². The molecule has 26 heavy (non-hydrogen) atoms. The lowest BCUT2D eigenvalue weighted by molar-refractivity contribution is 0.0715. The van der Waals surface area contributed by atoms with Crippen LogP contribution in [0.3, 0.4) is 0 Å². The average Bonchev–Trinajstić information content (AvgIpc) is 2.98. The molecule has 6 nitrogen and oxygen atoms in total. The van der Waals surface area contributed by atoms with Gasteiger partial charge in [0.05, 0.1) is 17.6 Å². The van der Waals surface area contributed by atoms with E-state index in [9.17, 15) is 4.79 Å². The number of halogens is 2. The summed E-state index contributed by atoms with van der Waals surface area (Å²) in [5, 5.41) is 0.698. The number of fused-ring (bicyclic) bond motifs is 1. The van der Waals surface area contributed by atoms with Crippen LogP contribution in [0.25, 0.3) is 0 Å². The van der Waals surface area contributed by atoms with E-state index in [1.807, 2.05) is 19.9 Å². The number of aliphatic imine (C=N–C) groups is 1. The Morgan fingerprint density at radius 1 is 1.46 bits per heavy atom. The van der Waals surface area contributed by atoms with Gasteiger partial charge >= 0.3 is 0 Å². The van der Waals surface area contributed by atoms with Gasteiger partial charge in [-0.25, -0.2) is 15.0 Å². The molecular formula is C18H17Cl2N5O. The summed E-state index contributed by atoms with van der Waals surface area (Å²) in [4.78, 5) is 27.1. The summed E-state index contributed by atoms with van der Waals surface area (Å²) < 4.78 is 0. The lowest BCUT2D eigenvalue weighted by atomic mass is 10.1. The summed E-state index contributed by atoms with van der Waals surface area (Å²) in [6.07, 6.45) is 5.95. The van der Waals surface area contributed by atoms with E-state index >= 15 is 0 Å². The second kappa shape index (κ2) is 7.43. The number of hydrogen-bond donors (Lipinski definition) is 1. The lowest BCUT2D eigenvalue weighted by Gasteiger charge is -2.24. The molecule has 0 bridgehead atoms. The van der Waals surface area contributed by atoms with Gasteiger partial charge in [-0.2, -0.15) is 0 Å². The molecule has 1 unspecified atom stereocenters. The maximum absolute atomic E-state index is 12.7. The highest BCUT2D eigenvalue weighted by molar-refractivity contribution is 6.39. The molecule has 2 aromatic rings. The molecule has 1 aliphatic rings. The Bertz CT molecular complexity index is 926. The monoisotopic (exact) mass is 389 g/mol. The first-order valence-electron chi connectivity index (χ1n) is 7.94. The Labute approximate surface area is 161 Å². The molecule has 2 aromatic heterocycles. The van der Waals surface area contributed by atoms with E-state index in [0.29, 0.717) is 28.1 Å². The SMILES string of the molecule is Cc1cc(C(C)N2Cc3c(ccnc3Cl)C2=O)cnc1N=C/C(Cl)=C\N. The van der Waals surface area contributed by atoms with Gasteiger partial charge in [0.2, 0.25) is 0 Å². The predicted octanol–water partition coefficient (Wildman–Crippen LogP) is 3.90. The minimum Gasteiger partial charge on any atom is -0.403 e. The number of nitrogens with two attached hydrogens (primary N) is 1. The van der Waals surface area contributed by atoms with Gasteiger partial charge in [-0.1, -0.05) is 23.2 Å². The quantitative estimate of drug-likeness (QED) is 0.634. The minimum absolute atomic E-state index is 0.0589. The average molecular weight is 390 g/mol. The van der Waals surface area contributed by atoms with Crippen LogP contribution in [-0.4, -0.2) is 27.0 Å². The fourth-order valence-corrected chi connectivity index (χ4v) is 3.09. The van der Waals surface area contributed by atoms with Crippen LogP contribution in [-0.2, 0) is 6.54 Å². The van der Waals surface area contributed by atoms with E-state index in [1.165, 1.54) is 12.4 Å². The van der Waals surface area contributed by atoms with Crippen LogP contribution in [0.2, 0.25) is 5.15 Å². The molecule has 0 saturated heterocycles. The Morgan fingerprint density at radius 2 is 2.23 bits per heavy atom. The number of aryl methyl sites for hydroxylation is 1. The molecule has 8 heteroatoms. The summed E-state index contributed by atoms with van der Waals surface area (Å²) in [7, 11) is 0. The van der Waals surface area contributed by atoms with Crippen molar-refractivity contribution < 1.29 is 4.79 Å². The third-order valence-electron chi connectivity index (χ3n) is 4.31. The smallest absolute Gasteiger partial charge is 0.255 e. The van der Waals surface area contributed by atoms with Gasteiger partial charge in [0.15, 0.2) is 5.82 Å². The standard InChI is InChI=1S/C18H17Cl2N5O/c1-10-5-12(7-23-17(10)24-8-13(19)6-21)11(2)25-9-15-14(18(25)26)3-4-22-16(15)20/h3-8,11H,9,21H2,1-2H3/b13-6+,24-8?. The van der Waals surface area contributed by atoms with Crippen molar-refractivity contribution in [1.29, 1.82) is 0 Å². The second-order valence-corrected chi connectivity index (χ2v) is 6.75. The highest BCUT2D eigenvalue weighted by Gasteiger charge is 2.33. The summed E-state index contributed by atoms with van der Waals surface area (Å²) in [6, 6.07) is 3.50. The number of aromatic nitrogens is 2. The van der Waals surface area contributed by atoms with Crippen LogP contribution in [0, 0.1) is 6.92 Å². The van der Waals surface area contributed by atoms with Crippen LogP contribution in [0.15, 0.2) is 40.8 Å². The number of hydrogen-bond acceptors (Lipinski definition) is 5. The molecule has 1 amide bonds.